The van der Waals surface area contributed by atoms with Gasteiger partial charge in [0.2, 0.25) is 5.88 Å². The third kappa shape index (κ3) is 3.34. The van der Waals surface area contributed by atoms with E-state index in [9.17, 15) is 14.9 Å². The maximum absolute atomic E-state index is 10.9. The minimum Gasteiger partial charge on any atom is -0.478 e. The van der Waals surface area contributed by atoms with E-state index in [1.165, 1.54) is 24.3 Å². The summed E-state index contributed by atoms with van der Waals surface area (Å²) < 4.78 is 5.87. The molecule has 0 unspecified atom stereocenters. The second kappa shape index (κ2) is 5.88. The van der Waals surface area contributed by atoms with Crippen molar-refractivity contribution in [1.29, 1.82) is 0 Å². The van der Waals surface area contributed by atoms with Crippen LogP contribution < -0.4 is 4.74 Å². The van der Waals surface area contributed by atoms with Gasteiger partial charge in [0.25, 0.3) is 5.69 Å². The number of rotatable bonds is 4. The Morgan fingerprint density at radius 2 is 2.14 bits per heavy atom. The number of aromatic nitrogens is 1. The second-order valence-electron chi connectivity index (χ2n) is 4.13. The number of aryl methyl sites for hydroxylation is 1. The lowest BCUT2D eigenvalue weighted by atomic mass is 10.1. The SMILES string of the molecule is Cc1cc(C(=O)O)ccc1Oc1ncc([N+](=O)[O-])cc1Br. The fraction of sp³-hybridized carbons (Fsp3) is 0.0769. The summed E-state index contributed by atoms with van der Waals surface area (Å²) in [6.45, 7) is 1.70. The second-order valence-corrected chi connectivity index (χ2v) is 4.98. The van der Waals surface area contributed by atoms with Crippen molar-refractivity contribution in [2.45, 2.75) is 6.92 Å². The molecule has 108 valence electrons. The quantitative estimate of drug-likeness (QED) is 0.666. The number of aromatic carboxylic acids is 1. The largest absolute Gasteiger partial charge is 0.478 e. The van der Waals surface area contributed by atoms with Gasteiger partial charge in [-0.25, -0.2) is 9.78 Å². The molecule has 0 fully saturated rings. The summed E-state index contributed by atoms with van der Waals surface area (Å²) in [5.41, 5.74) is 0.602. The average Bonchev–Trinajstić information content (AvgIpc) is 2.42. The van der Waals surface area contributed by atoms with Crippen molar-refractivity contribution in [3.8, 4) is 11.6 Å². The molecule has 0 aliphatic heterocycles. The molecule has 0 atom stereocenters. The van der Waals surface area contributed by atoms with Gasteiger partial charge in [-0.2, -0.15) is 0 Å². The van der Waals surface area contributed by atoms with Crippen LogP contribution in [0.15, 0.2) is 34.9 Å². The van der Waals surface area contributed by atoms with Crippen molar-refractivity contribution < 1.29 is 19.6 Å². The number of pyridine rings is 1. The third-order valence-electron chi connectivity index (χ3n) is 2.63. The van der Waals surface area contributed by atoms with Crippen LogP contribution in [0.2, 0.25) is 0 Å². The van der Waals surface area contributed by atoms with Crippen molar-refractivity contribution in [2.75, 3.05) is 0 Å². The fourth-order valence-corrected chi connectivity index (χ4v) is 2.01. The van der Waals surface area contributed by atoms with E-state index in [0.29, 0.717) is 15.8 Å². The zero-order valence-corrected chi connectivity index (χ0v) is 12.3. The van der Waals surface area contributed by atoms with Crippen molar-refractivity contribution in [3.63, 3.8) is 0 Å². The number of nitrogens with zero attached hydrogens (tertiary/aromatic N) is 2. The molecule has 1 aromatic carbocycles. The van der Waals surface area contributed by atoms with Gasteiger partial charge in [-0.15, -0.1) is 0 Å². The predicted octanol–water partition coefficient (Wildman–Crippen LogP) is 3.55. The number of hydrogen-bond donors (Lipinski definition) is 1. The Morgan fingerprint density at radius 3 is 2.67 bits per heavy atom. The fourth-order valence-electron chi connectivity index (χ4n) is 1.59. The van der Waals surface area contributed by atoms with Crippen LogP contribution >= 0.6 is 15.9 Å². The van der Waals surface area contributed by atoms with Gasteiger partial charge in [0.15, 0.2) is 0 Å². The topological polar surface area (TPSA) is 103 Å². The van der Waals surface area contributed by atoms with E-state index < -0.39 is 10.9 Å². The Kier molecular flexibility index (Phi) is 4.18. The summed E-state index contributed by atoms with van der Waals surface area (Å²) in [7, 11) is 0. The molecule has 7 nitrogen and oxygen atoms in total. The van der Waals surface area contributed by atoms with E-state index in [1.807, 2.05) is 0 Å². The van der Waals surface area contributed by atoms with Crippen LogP contribution in [0.25, 0.3) is 0 Å². The highest BCUT2D eigenvalue weighted by Gasteiger charge is 2.14. The smallest absolute Gasteiger partial charge is 0.335 e. The highest BCUT2D eigenvalue weighted by molar-refractivity contribution is 9.10. The molecule has 0 saturated carbocycles. The average molecular weight is 353 g/mol. The number of hydrogen-bond acceptors (Lipinski definition) is 5. The summed E-state index contributed by atoms with van der Waals surface area (Å²) in [6.07, 6.45) is 1.08. The number of nitro groups is 1. The van der Waals surface area contributed by atoms with Gasteiger partial charge in [0, 0.05) is 6.07 Å². The number of carboxylic acids is 1. The van der Waals surface area contributed by atoms with Gasteiger partial charge >= 0.3 is 5.97 Å². The molecule has 0 bridgehead atoms. The molecular formula is C13H9BrN2O5. The molecule has 0 aliphatic carbocycles. The van der Waals surface area contributed by atoms with Crippen LogP contribution in [0.3, 0.4) is 0 Å². The van der Waals surface area contributed by atoms with Crippen LogP contribution in [0.1, 0.15) is 15.9 Å². The van der Waals surface area contributed by atoms with E-state index in [-0.39, 0.29) is 17.1 Å². The summed E-state index contributed by atoms with van der Waals surface area (Å²) in [4.78, 5) is 24.8. The summed E-state index contributed by atoms with van der Waals surface area (Å²) in [5.74, 6) is -0.451. The Bertz CT molecular complexity index is 671. The van der Waals surface area contributed by atoms with E-state index >= 15 is 0 Å². The number of carboxylic acid groups (broad SMARTS) is 1. The Balaban J connectivity index is 2.30. The van der Waals surface area contributed by atoms with Gasteiger partial charge in [-0.3, -0.25) is 10.1 Å². The minimum absolute atomic E-state index is 0.149. The number of carbonyl (C=O) groups is 1. The van der Waals surface area contributed by atoms with E-state index in [4.69, 9.17) is 9.84 Å². The Labute approximate surface area is 127 Å². The van der Waals surface area contributed by atoms with Gasteiger partial charge in [-0.1, -0.05) is 0 Å². The molecular weight excluding hydrogens is 344 g/mol. The standard InChI is InChI=1S/C13H9BrN2O5/c1-7-4-8(13(17)18)2-3-11(7)21-12-10(14)5-9(6-15-12)16(19)20/h2-6H,1H3,(H,17,18). The van der Waals surface area contributed by atoms with Gasteiger partial charge in [0.05, 0.1) is 15.0 Å². The minimum atomic E-state index is -1.03. The molecule has 0 aliphatic rings. The summed E-state index contributed by atoms with van der Waals surface area (Å²) >= 11 is 3.15. The monoisotopic (exact) mass is 352 g/mol. The number of benzene rings is 1. The summed E-state index contributed by atoms with van der Waals surface area (Å²) in [6, 6.07) is 5.67. The van der Waals surface area contributed by atoms with Crippen LogP contribution in [-0.2, 0) is 0 Å². The summed E-state index contributed by atoms with van der Waals surface area (Å²) in [5, 5.41) is 19.5. The zero-order valence-electron chi connectivity index (χ0n) is 10.7. The van der Waals surface area contributed by atoms with E-state index in [0.717, 1.165) is 6.20 Å². The first-order valence-electron chi connectivity index (χ1n) is 5.70. The highest BCUT2D eigenvalue weighted by atomic mass is 79.9. The predicted molar refractivity (Wildman–Crippen MR) is 76.8 cm³/mol. The highest BCUT2D eigenvalue weighted by Crippen LogP contribution is 2.31. The molecule has 2 rings (SSSR count). The molecule has 1 N–H and O–H groups in total. The third-order valence-corrected chi connectivity index (χ3v) is 3.20. The van der Waals surface area contributed by atoms with E-state index in [1.54, 1.807) is 6.92 Å². The zero-order chi connectivity index (χ0) is 15.6. The first-order valence-corrected chi connectivity index (χ1v) is 6.49. The van der Waals surface area contributed by atoms with Crippen LogP contribution in [-0.4, -0.2) is 21.0 Å². The van der Waals surface area contributed by atoms with Crippen LogP contribution in [0.5, 0.6) is 11.6 Å². The van der Waals surface area contributed by atoms with Gasteiger partial charge < -0.3 is 9.84 Å². The molecule has 0 saturated heterocycles. The van der Waals surface area contributed by atoms with Crippen LogP contribution in [0, 0.1) is 17.0 Å². The van der Waals surface area contributed by atoms with Crippen molar-refractivity contribution >= 4 is 27.6 Å². The lowest BCUT2D eigenvalue weighted by molar-refractivity contribution is -0.385. The molecule has 0 amide bonds. The lowest BCUT2D eigenvalue weighted by Gasteiger charge is -2.09. The molecule has 0 radical (unpaired) electrons. The molecule has 1 aromatic heterocycles. The first kappa shape index (κ1) is 14.9. The lowest BCUT2D eigenvalue weighted by Crippen LogP contribution is -1.98. The Morgan fingerprint density at radius 1 is 1.43 bits per heavy atom. The van der Waals surface area contributed by atoms with Crippen molar-refractivity contribution in [3.05, 3.63) is 56.2 Å². The normalized spacial score (nSPS) is 10.2. The Hall–Kier alpha value is -2.48. The molecule has 1 heterocycles. The molecule has 8 heteroatoms. The first-order chi connectivity index (χ1) is 9.88. The number of ether oxygens (including phenoxy) is 1. The van der Waals surface area contributed by atoms with E-state index in [2.05, 4.69) is 20.9 Å². The molecule has 21 heavy (non-hydrogen) atoms. The number of halogens is 1. The molecule has 0 spiro atoms. The molecule has 2 aromatic rings. The van der Waals surface area contributed by atoms with Crippen molar-refractivity contribution in [1.82, 2.24) is 4.98 Å². The maximum atomic E-state index is 10.9. The van der Waals surface area contributed by atoms with Gasteiger partial charge in [-0.05, 0) is 46.6 Å². The van der Waals surface area contributed by atoms with Gasteiger partial charge in [0.1, 0.15) is 11.9 Å². The van der Waals surface area contributed by atoms with Crippen molar-refractivity contribution in [2.24, 2.45) is 0 Å². The van der Waals surface area contributed by atoms with Crippen LogP contribution in [0.4, 0.5) is 5.69 Å². The maximum Gasteiger partial charge on any atom is 0.335 e.